The molecule has 0 amide bonds. The minimum Gasteiger partial charge on any atom is -0.371 e. The van der Waals surface area contributed by atoms with E-state index in [1.807, 2.05) is 18.9 Å². The second kappa shape index (κ2) is 3.98. The van der Waals surface area contributed by atoms with Gasteiger partial charge in [0.15, 0.2) is 0 Å². The Morgan fingerprint density at radius 2 is 2.15 bits per heavy atom. The summed E-state index contributed by atoms with van der Waals surface area (Å²) in [5, 5.41) is 0. The molecule has 1 aromatic rings. The predicted octanol–water partition coefficient (Wildman–Crippen LogP) is 0.745. The molecule has 4 heteroatoms. The quantitative estimate of drug-likeness (QED) is 0.725. The van der Waals surface area contributed by atoms with Crippen molar-refractivity contribution in [1.29, 1.82) is 0 Å². The summed E-state index contributed by atoms with van der Waals surface area (Å²) in [4.78, 5) is 13.2. The highest BCUT2D eigenvalue weighted by atomic mass is 32.1. The number of anilines is 1. The molecule has 0 unspecified atom stereocenters. The maximum absolute atomic E-state index is 11.3. The Labute approximate surface area is 82.9 Å². The molecular formula is C9H14N2OS. The van der Waals surface area contributed by atoms with Crippen molar-refractivity contribution in [3.05, 3.63) is 20.3 Å². The van der Waals surface area contributed by atoms with Gasteiger partial charge in [-0.15, -0.1) is 0 Å². The van der Waals surface area contributed by atoms with E-state index in [4.69, 9.17) is 18.0 Å². The third-order valence-electron chi connectivity index (χ3n) is 2.20. The first-order valence-corrected chi connectivity index (χ1v) is 4.71. The second-order valence-electron chi connectivity index (χ2n) is 3.20. The topological polar surface area (TPSA) is 46.3 Å². The molecule has 0 aliphatic heterocycles. The van der Waals surface area contributed by atoms with E-state index in [1.54, 1.807) is 0 Å². The number of nitrogens with zero attached hydrogens (tertiary/aromatic N) is 1. The van der Waals surface area contributed by atoms with E-state index in [9.17, 15) is 4.79 Å². The molecule has 0 fully saturated rings. The van der Waals surface area contributed by atoms with Crippen LogP contribution in [0.2, 0.25) is 0 Å². The van der Waals surface area contributed by atoms with Crippen molar-refractivity contribution in [2.24, 2.45) is 5.73 Å². The predicted molar refractivity (Wildman–Crippen MR) is 57.6 cm³/mol. The van der Waals surface area contributed by atoms with Gasteiger partial charge in [-0.2, -0.15) is 0 Å². The van der Waals surface area contributed by atoms with Crippen LogP contribution in [0.1, 0.15) is 12.0 Å². The first-order valence-electron chi connectivity index (χ1n) is 4.30. The standard InChI is InChI=1S/C9H14N2OS/c1-6-7(8(12)9(6)13)11(2)5-3-4-10/h3-5,10H2,1-2H3. The largest absolute Gasteiger partial charge is 0.371 e. The third kappa shape index (κ3) is 1.78. The molecule has 3 nitrogen and oxygen atoms in total. The molecule has 0 bridgehead atoms. The van der Waals surface area contributed by atoms with Crippen LogP contribution in [0.5, 0.6) is 0 Å². The van der Waals surface area contributed by atoms with Crippen molar-refractivity contribution in [2.75, 3.05) is 25.0 Å². The van der Waals surface area contributed by atoms with Crippen molar-refractivity contribution < 1.29 is 0 Å². The maximum Gasteiger partial charge on any atom is 0.220 e. The molecule has 0 saturated heterocycles. The van der Waals surface area contributed by atoms with Crippen LogP contribution in [0.15, 0.2) is 4.79 Å². The SMILES string of the molecule is Cc1c(N(C)CCCN)c(=O)c1=S. The van der Waals surface area contributed by atoms with Gasteiger partial charge >= 0.3 is 0 Å². The molecule has 2 N–H and O–H groups in total. The third-order valence-corrected chi connectivity index (χ3v) is 2.69. The van der Waals surface area contributed by atoms with E-state index in [2.05, 4.69) is 0 Å². The first-order chi connectivity index (χ1) is 6.09. The molecule has 0 aliphatic carbocycles. The summed E-state index contributed by atoms with van der Waals surface area (Å²) in [5.74, 6) is 0. The zero-order valence-electron chi connectivity index (χ0n) is 7.96. The fraction of sp³-hybridized carbons (Fsp3) is 0.556. The molecule has 0 saturated carbocycles. The highest BCUT2D eigenvalue weighted by Crippen LogP contribution is 2.18. The van der Waals surface area contributed by atoms with E-state index < -0.39 is 0 Å². The minimum atomic E-state index is 0.00650. The molecule has 0 radical (unpaired) electrons. The summed E-state index contributed by atoms with van der Waals surface area (Å²) in [6.45, 7) is 3.35. The lowest BCUT2D eigenvalue weighted by Gasteiger charge is -2.22. The van der Waals surface area contributed by atoms with Gasteiger partial charge in [0, 0.05) is 13.6 Å². The van der Waals surface area contributed by atoms with Crippen molar-refractivity contribution in [2.45, 2.75) is 13.3 Å². The van der Waals surface area contributed by atoms with Gasteiger partial charge in [0.2, 0.25) is 5.43 Å². The van der Waals surface area contributed by atoms with Gasteiger partial charge in [0.05, 0.1) is 10.2 Å². The Balaban J connectivity index is 2.74. The van der Waals surface area contributed by atoms with Crippen LogP contribution in [0, 0.1) is 11.4 Å². The minimum absolute atomic E-state index is 0.00650. The van der Waals surface area contributed by atoms with Crippen LogP contribution in [0.3, 0.4) is 0 Å². The van der Waals surface area contributed by atoms with Crippen molar-refractivity contribution in [3.63, 3.8) is 0 Å². The van der Waals surface area contributed by atoms with Crippen molar-refractivity contribution in [1.82, 2.24) is 0 Å². The van der Waals surface area contributed by atoms with Crippen LogP contribution < -0.4 is 16.1 Å². The van der Waals surface area contributed by atoms with E-state index in [1.165, 1.54) is 0 Å². The molecule has 0 aromatic heterocycles. The van der Waals surface area contributed by atoms with Crippen LogP contribution in [0.4, 0.5) is 5.69 Å². The molecular weight excluding hydrogens is 184 g/mol. The normalized spacial score (nSPS) is 10.7. The lowest BCUT2D eigenvalue weighted by molar-refractivity contribution is 0.789. The van der Waals surface area contributed by atoms with Gasteiger partial charge in [-0.25, -0.2) is 0 Å². The van der Waals surface area contributed by atoms with Gasteiger partial charge in [0.1, 0.15) is 0 Å². The fourth-order valence-electron chi connectivity index (χ4n) is 1.39. The number of hydrogen-bond acceptors (Lipinski definition) is 4. The van der Waals surface area contributed by atoms with Gasteiger partial charge in [-0.1, -0.05) is 12.2 Å². The summed E-state index contributed by atoms with van der Waals surface area (Å²) in [6.07, 6.45) is 0.896. The zero-order chi connectivity index (χ0) is 10.0. The molecule has 1 rings (SSSR count). The molecule has 0 aliphatic rings. The highest BCUT2D eigenvalue weighted by Gasteiger charge is 2.16. The zero-order valence-corrected chi connectivity index (χ0v) is 8.78. The van der Waals surface area contributed by atoms with Crippen LogP contribution in [-0.2, 0) is 0 Å². The van der Waals surface area contributed by atoms with E-state index in [-0.39, 0.29) is 5.43 Å². The summed E-state index contributed by atoms with van der Waals surface area (Å²) in [6, 6.07) is 0. The molecule has 0 heterocycles. The van der Waals surface area contributed by atoms with E-state index in [0.29, 0.717) is 11.1 Å². The van der Waals surface area contributed by atoms with Crippen molar-refractivity contribution >= 4 is 17.9 Å². The lowest BCUT2D eigenvalue weighted by atomic mass is 10.1. The molecule has 0 atom stereocenters. The highest BCUT2D eigenvalue weighted by molar-refractivity contribution is 7.71. The molecule has 0 spiro atoms. The van der Waals surface area contributed by atoms with Gasteiger partial charge in [-0.3, -0.25) is 4.79 Å². The van der Waals surface area contributed by atoms with Crippen LogP contribution in [-0.4, -0.2) is 20.1 Å². The Morgan fingerprint density at radius 3 is 2.62 bits per heavy atom. The number of rotatable bonds is 4. The molecule has 72 valence electrons. The van der Waals surface area contributed by atoms with E-state index >= 15 is 0 Å². The van der Waals surface area contributed by atoms with Crippen LogP contribution >= 0.6 is 12.2 Å². The van der Waals surface area contributed by atoms with Crippen molar-refractivity contribution in [3.8, 4) is 0 Å². The van der Waals surface area contributed by atoms with E-state index in [0.717, 1.165) is 24.2 Å². The lowest BCUT2D eigenvalue weighted by Crippen LogP contribution is -2.30. The second-order valence-corrected chi connectivity index (χ2v) is 3.60. The Kier molecular flexibility index (Phi) is 3.17. The number of hydrogen-bond donors (Lipinski definition) is 1. The Morgan fingerprint density at radius 1 is 1.54 bits per heavy atom. The maximum atomic E-state index is 11.3. The summed E-state index contributed by atoms with van der Waals surface area (Å²) < 4.78 is 0.481. The fourth-order valence-corrected chi connectivity index (χ4v) is 1.59. The van der Waals surface area contributed by atoms with Gasteiger partial charge < -0.3 is 10.6 Å². The average Bonchev–Trinajstić information content (AvgIpc) is 2.14. The Hall–Kier alpha value is -0.740. The molecule has 1 aromatic carbocycles. The van der Waals surface area contributed by atoms with Crippen LogP contribution in [0.25, 0.3) is 0 Å². The smallest absolute Gasteiger partial charge is 0.220 e. The van der Waals surface area contributed by atoms with Gasteiger partial charge in [-0.05, 0) is 25.5 Å². The summed E-state index contributed by atoms with van der Waals surface area (Å²) in [7, 11) is 1.90. The summed E-state index contributed by atoms with van der Waals surface area (Å²) in [5.41, 5.74) is 7.09. The molecule has 13 heavy (non-hydrogen) atoms. The monoisotopic (exact) mass is 198 g/mol. The number of nitrogens with two attached hydrogens (primary N) is 1. The first kappa shape index (κ1) is 10.3. The summed E-state index contributed by atoms with van der Waals surface area (Å²) >= 11 is 4.88. The Bertz CT molecular complexity index is 365. The van der Waals surface area contributed by atoms with Gasteiger partial charge in [0.25, 0.3) is 0 Å². The average molecular weight is 198 g/mol.